The predicted molar refractivity (Wildman–Crippen MR) is 65.3 cm³/mol. The molecule has 0 rings (SSSR count). The van der Waals surface area contributed by atoms with Crippen molar-refractivity contribution in [3.8, 4) is 0 Å². The molecule has 0 aromatic rings. The van der Waals surface area contributed by atoms with Gasteiger partial charge >= 0.3 is 0 Å². The summed E-state index contributed by atoms with van der Waals surface area (Å²) in [6.07, 6.45) is 2.36. The first-order chi connectivity index (χ1) is 6.10. The van der Waals surface area contributed by atoms with Crippen LogP contribution in [0.25, 0.3) is 0 Å². The van der Waals surface area contributed by atoms with Gasteiger partial charge in [0.15, 0.2) is 0 Å². The van der Waals surface area contributed by atoms with Crippen LogP contribution >= 0.6 is 0 Å². The van der Waals surface area contributed by atoms with Crippen molar-refractivity contribution in [2.75, 3.05) is 0 Å². The first-order valence-electron chi connectivity index (χ1n) is 5.86. The molecule has 0 saturated heterocycles. The summed E-state index contributed by atoms with van der Waals surface area (Å²) in [5, 5.41) is 0. The largest absolute Gasteiger partial charge is 0.327 e. The molecular weight excluding hydrogens is 170 g/mol. The Morgan fingerprint density at radius 3 is 1.79 bits per heavy atom. The van der Waals surface area contributed by atoms with Crippen LogP contribution in [0.1, 0.15) is 61.3 Å². The lowest BCUT2D eigenvalue weighted by atomic mass is 9.69. The van der Waals surface area contributed by atoms with Crippen molar-refractivity contribution < 1.29 is 0 Å². The molecule has 0 aliphatic heterocycles. The average molecular weight is 199 g/mol. The molecule has 14 heavy (non-hydrogen) atoms. The molecule has 0 aromatic heterocycles. The molecule has 0 fully saturated rings. The standard InChI is InChI=1S/C13H29N/c1-8-10(2)11(14)13(6,7)9-12(3,4)5/h10-11H,8-9,14H2,1-7H3/t10-,11+/m0/s1. The third kappa shape index (κ3) is 4.45. The summed E-state index contributed by atoms with van der Waals surface area (Å²) in [6, 6.07) is 0.312. The second kappa shape index (κ2) is 4.65. The molecular formula is C13H29N. The molecule has 0 aliphatic rings. The second-order valence-electron chi connectivity index (χ2n) is 6.64. The maximum absolute atomic E-state index is 6.31. The van der Waals surface area contributed by atoms with Gasteiger partial charge in [-0.3, -0.25) is 0 Å². The Morgan fingerprint density at radius 2 is 1.50 bits per heavy atom. The zero-order valence-electron chi connectivity index (χ0n) is 11.1. The Balaban J connectivity index is 4.45. The summed E-state index contributed by atoms with van der Waals surface area (Å²) in [7, 11) is 0. The molecule has 0 heterocycles. The fourth-order valence-corrected chi connectivity index (χ4v) is 2.51. The van der Waals surface area contributed by atoms with Crippen molar-refractivity contribution >= 4 is 0 Å². The minimum absolute atomic E-state index is 0.244. The van der Waals surface area contributed by atoms with Gasteiger partial charge in [-0.2, -0.15) is 0 Å². The van der Waals surface area contributed by atoms with Crippen LogP contribution in [0, 0.1) is 16.7 Å². The van der Waals surface area contributed by atoms with E-state index in [1.807, 2.05) is 0 Å². The summed E-state index contributed by atoms with van der Waals surface area (Å²) >= 11 is 0. The molecule has 2 N–H and O–H groups in total. The smallest absolute Gasteiger partial charge is 0.0116 e. The molecule has 0 aliphatic carbocycles. The van der Waals surface area contributed by atoms with E-state index in [1.54, 1.807) is 0 Å². The van der Waals surface area contributed by atoms with Gasteiger partial charge in [-0.25, -0.2) is 0 Å². The van der Waals surface area contributed by atoms with Crippen LogP contribution in [0.3, 0.4) is 0 Å². The Morgan fingerprint density at radius 1 is 1.07 bits per heavy atom. The van der Waals surface area contributed by atoms with Gasteiger partial charge in [0, 0.05) is 6.04 Å². The van der Waals surface area contributed by atoms with E-state index in [1.165, 1.54) is 12.8 Å². The fourth-order valence-electron chi connectivity index (χ4n) is 2.51. The zero-order valence-corrected chi connectivity index (χ0v) is 11.1. The Labute approximate surface area is 90.5 Å². The minimum atomic E-state index is 0.244. The topological polar surface area (TPSA) is 26.0 Å². The van der Waals surface area contributed by atoms with Crippen LogP contribution in [0.2, 0.25) is 0 Å². The molecule has 0 unspecified atom stereocenters. The molecule has 1 heteroatoms. The monoisotopic (exact) mass is 199 g/mol. The Bertz CT molecular complexity index is 165. The van der Waals surface area contributed by atoms with Crippen molar-refractivity contribution in [3.05, 3.63) is 0 Å². The molecule has 0 spiro atoms. The van der Waals surface area contributed by atoms with Crippen LogP contribution in [-0.4, -0.2) is 6.04 Å². The van der Waals surface area contributed by atoms with E-state index in [0.717, 1.165) is 0 Å². The fraction of sp³-hybridized carbons (Fsp3) is 1.00. The second-order valence-corrected chi connectivity index (χ2v) is 6.64. The van der Waals surface area contributed by atoms with Gasteiger partial charge in [0.25, 0.3) is 0 Å². The van der Waals surface area contributed by atoms with Crippen LogP contribution < -0.4 is 5.73 Å². The van der Waals surface area contributed by atoms with E-state index in [2.05, 4.69) is 48.5 Å². The maximum atomic E-state index is 6.31. The van der Waals surface area contributed by atoms with E-state index < -0.39 is 0 Å². The Hall–Kier alpha value is -0.0400. The molecule has 0 radical (unpaired) electrons. The van der Waals surface area contributed by atoms with Crippen LogP contribution in [0.5, 0.6) is 0 Å². The lowest BCUT2D eigenvalue weighted by Gasteiger charge is -2.40. The third-order valence-corrected chi connectivity index (χ3v) is 3.15. The van der Waals surface area contributed by atoms with Crippen molar-refractivity contribution in [2.45, 2.75) is 67.3 Å². The first-order valence-corrected chi connectivity index (χ1v) is 5.86. The van der Waals surface area contributed by atoms with E-state index in [-0.39, 0.29) is 5.41 Å². The molecule has 86 valence electrons. The van der Waals surface area contributed by atoms with Gasteiger partial charge in [-0.15, -0.1) is 0 Å². The van der Waals surface area contributed by atoms with Crippen LogP contribution in [0.4, 0.5) is 0 Å². The highest BCUT2D eigenvalue weighted by Gasteiger charge is 2.33. The molecule has 2 atom stereocenters. The first kappa shape index (κ1) is 14.0. The van der Waals surface area contributed by atoms with E-state index in [4.69, 9.17) is 5.73 Å². The Kier molecular flexibility index (Phi) is 4.64. The van der Waals surface area contributed by atoms with E-state index in [9.17, 15) is 0 Å². The lowest BCUT2D eigenvalue weighted by molar-refractivity contribution is 0.142. The summed E-state index contributed by atoms with van der Waals surface area (Å²) in [5.74, 6) is 0.618. The van der Waals surface area contributed by atoms with Crippen molar-refractivity contribution in [2.24, 2.45) is 22.5 Å². The van der Waals surface area contributed by atoms with Gasteiger partial charge < -0.3 is 5.73 Å². The third-order valence-electron chi connectivity index (χ3n) is 3.15. The van der Waals surface area contributed by atoms with Crippen molar-refractivity contribution in [3.63, 3.8) is 0 Å². The molecule has 0 bridgehead atoms. The highest BCUT2D eigenvalue weighted by molar-refractivity contribution is 4.87. The molecule has 0 saturated carbocycles. The molecule has 0 aromatic carbocycles. The maximum Gasteiger partial charge on any atom is 0.0116 e. The predicted octanol–water partition coefficient (Wildman–Crippen LogP) is 3.82. The summed E-state index contributed by atoms with van der Waals surface area (Å²) in [6.45, 7) is 15.9. The van der Waals surface area contributed by atoms with Gasteiger partial charge in [-0.1, -0.05) is 54.9 Å². The zero-order chi connectivity index (χ0) is 11.6. The van der Waals surface area contributed by atoms with Crippen LogP contribution in [-0.2, 0) is 0 Å². The summed E-state index contributed by atoms with van der Waals surface area (Å²) in [4.78, 5) is 0. The normalized spacial score (nSPS) is 18.0. The highest BCUT2D eigenvalue weighted by Crippen LogP contribution is 2.37. The van der Waals surface area contributed by atoms with Crippen LogP contribution in [0.15, 0.2) is 0 Å². The number of hydrogen-bond acceptors (Lipinski definition) is 1. The van der Waals surface area contributed by atoms with Gasteiger partial charge in [0.2, 0.25) is 0 Å². The number of nitrogens with two attached hydrogens (primary N) is 1. The van der Waals surface area contributed by atoms with Crippen molar-refractivity contribution in [1.29, 1.82) is 0 Å². The van der Waals surface area contributed by atoms with Gasteiger partial charge in [0.05, 0.1) is 0 Å². The van der Waals surface area contributed by atoms with Gasteiger partial charge in [0.1, 0.15) is 0 Å². The highest BCUT2D eigenvalue weighted by atomic mass is 14.7. The molecule has 0 amide bonds. The summed E-state index contributed by atoms with van der Waals surface area (Å²) in [5.41, 5.74) is 6.93. The average Bonchev–Trinajstić information content (AvgIpc) is 1.97. The van der Waals surface area contributed by atoms with E-state index >= 15 is 0 Å². The minimum Gasteiger partial charge on any atom is -0.327 e. The summed E-state index contributed by atoms with van der Waals surface area (Å²) < 4.78 is 0. The quantitative estimate of drug-likeness (QED) is 0.732. The van der Waals surface area contributed by atoms with Gasteiger partial charge in [-0.05, 0) is 23.2 Å². The number of hydrogen-bond donors (Lipinski definition) is 1. The molecule has 1 nitrogen and oxygen atoms in total. The van der Waals surface area contributed by atoms with E-state index in [0.29, 0.717) is 17.4 Å². The SMILES string of the molecule is CC[C@H](C)[C@@H](N)C(C)(C)CC(C)(C)C. The van der Waals surface area contributed by atoms with Crippen molar-refractivity contribution in [1.82, 2.24) is 0 Å². The lowest BCUT2D eigenvalue weighted by Crippen LogP contribution is -2.44. The number of rotatable bonds is 4.